The van der Waals surface area contributed by atoms with E-state index >= 15 is 0 Å². The Morgan fingerprint density at radius 3 is 1.62 bits per heavy atom. The summed E-state index contributed by atoms with van der Waals surface area (Å²) >= 11 is 0. The van der Waals surface area contributed by atoms with E-state index in [9.17, 15) is 0 Å². The van der Waals surface area contributed by atoms with Crippen LogP contribution in [0.5, 0.6) is 11.5 Å². The predicted octanol–water partition coefficient (Wildman–Crippen LogP) is 16.3. The van der Waals surface area contributed by atoms with Crippen LogP contribution in [-0.2, 0) is 53.6 Å². The van der Waals surface area contributed by atoms with Gasteiger partial charge in [-0.3, -0.25) is 4.57 Å². The van der Waals surface area contributed by atoms with Gasteiger partial charge in [0.2, 0.25) is 0 Å². The first kappa shape index (κ1) is 52.3. The van der Waals surface area contributed by atoms with Crippen LogP contribution < -0.4 is 9.30 Å². The van der Waals surface area contributed by atoms with E-state index in [1.807, 2.05) is 12.3 Å². The standard InChI is InChI=1S/C66H72N4O.Pt/c1-61(2,3)46-31-32-67-60(39-46)70-57-30-27-47(65(13,14)44-23-19-17-20-24-44)38-56(57)55-29-28-53(41-58(55)70)71-54-37-50(66(15,16)45-25-21-18-22-26-45)36-52(40-54)69-43-68(42-59(69)64(10,11)12)51-34-48(62(4,5)6)33-49(35-51)63(7,8)9;/h17-39,42H,1-16H3;/q-2;. The van der Waals surface area contributed by atoms with Crippen molar-refractivity contribution in [3.05, 3.63) is 209 Å². The number of hydrogen-bond acceptors (Lipinski definition) is 2. The second-order valence-electron chi connectivity index (χ2n) is 24.8. The van der Waals surface area contributed by atoms with Crippen LogP contribution in [0.4, 0.5) is 0 Å². The normalized spacial score (nSPS) is 12.9. The Kier molecular flexibility index (Phi) is 13.6. The van der Waals surface area contributed by atoms with Crippen LogP contribution in [-0.4, -0.2) is 14.1 Å². The van der Waals surface area contributed by atoms with Gasteiger partial charge in [0.05, 0.1) is 11.4 Å². The second kappa shape index (κ2) is 18.8. The number of hydrogen-bond donors (Lipinski definition) is 0. The molecular formula is C66H72N4OPt-2. The van der Waals surface area contributed by atoms with E-state index in [-0.39, 0.29) is 53.6 Å². The molecule has 0 aliphatic carbocycles. The summed E-state index contributed by atoms with van der Waals surface area (Å²) in [6, 6.07) is 55.9. The van der Waals surface area contributed by atoms with E-state index in [0.29, 0.717) is 11.5 Å². The number of pyridine rings is 1. The van der Waals surface area contributed by atoms with Gasteiger partial charge >= 0.3 is 0 Å². The molecule has 0 fully saturated rings. The molecule has 6 heteroatoms. The molecule has 0 saturated carbocycles. The number of nitrogens with zero attached hydrogens (tertiary/aromatic N) is 4. The third-order valence-corrected chi connectivity index (χ3v) is 14.6. The second-order valence-corrected chi connectivity index (χ2v) is 24.8. The molecule has 0 radical (unpaired) electrons. The number of aromatic nitrogens is 4. The maximum absolute atomic E-state index is 7.07. The molecule has 0 amide bonds. The van der Waals surface area contributed by atoms with E-state index in [1.165, 1.54) is 33.4 Å². The van der Waals surface area contributed by atoms with Crippen molar-refractivity contribution in [1.82, 2.24) is 14.1 Å². The molecule has 0 unspecified atom stereocenters. The van der Waals surface area contributed by atoms with Gasteiger partial charge in [-0.2, -0.15) is 12.1 Å². The molecule has 3 aromatic heterocycles. The van der Waals surface area contributed by atoms with Gasteiger partial charge in [-0.05, 0) is 102 Å². The number of ether oxygens (including phenoxy) is 1. The summed E-state index contributed by atoms with van der Waals surface area (Å²) in [7, 11) is 0. The van der Waals surface area contributed by atoms with E-state index in [4.69, 9.17) is 9.72 Å². The summed E-state index contributed by atoms with van der Waals surface area (Å²) in [6.07, 6.45) is 7.99. The average Bonchev–Trinajstić information content (AvgIpc) is 3.92. The molecule has 72 heavy (non-hydrogen) atoms. The Balaban J connectivity index is 0.00000693. The summed E-state index contributed by atoms with van der Waals surface area (Å²) in [5.41, 5.74) is 12.6. The van der Waals surface area contributed by atoms with E-state index in [0.717, 1.165) is 50.3 Å². The minimum atomic E-state index is -0.383. The predicted molar refractivity (Wildman–Crippen MR) is 294 cm³/mol. The molecule has 0 atom stereocenters. The first-order valence-corrected chi connectivity index (χ1v) is 25.3. The molecule has 0 aliphatic rings. The number of imidazole rings is 1. The first-order chi connectivity index (χ1) is 33.2. The fraction of sp³-hybridized carbons (Fsp3) is 0.333. The van der Waals surface area contributed by atoms with Crippen LogP contribution in [0.3, 0.4) is 0 Å². The fourth-order valence-corrected chi connectivity index (χ4v) is 9.68. The Bertz CT molecular complexity index is 3390. The van der Waals surface area contributed by atoms with Crippen molar-refractivity contribution in [1.29, 1.82) is 0 Å². The van der Waals surface area contributed by atoms with Gasteiger partial charge in [0.15, 0.2) is 0 Å². The number of fused-ring (bicyclic) bond motifs is 3. The van der Waals surface area contributed by atoms with Gasteiger partial charge in [-0.15, -0.1) is 35.2 Å². The number of benzene rings is 6. The Hall–Kier alpha value is -6.03. The third-order valence-electron chi connectivity index (χ3n) is 14.6. The van der Waals surface area contributed by atoms with Crippen LogP contribution in [0.2, 0.25) is 0 Å². The fourth-order valence-electron chi connectivity index (χ4n) is 9.68. The van der Waals surface area contributed by atoms with Crippen molar-refractivity contribution in [3.63, 3.8) is 0 Å². The van der Waals surface area contributed by atoms with E-state index in [2.05, 4.69) is 277 Å². The van der Waals surface area contributed by atoms with Crippen molar-refractivity contribution in [2.24, 2.45) is 0 Å². The minimum Gasteiger partial charge on any atom is -0.510 e. The quantitative estimate of drug-likeness (QED) is 0.107. The molecule has 0 bridgehead atoms. The van der Waals surface area contributed by atoms with E-state index in [1.54, 1.807) is 0 Å². The van der Waals surface area contributed by atoms with Gasteiger partial charge in [0, 0.05) is 55.9 Å². The molecule has 5 nitrogen and oxygen atoms in total. The van der Waals surface area contributed by atoms with Crippen LogP contribution in [0.1, 0.15) is 155 Å². The zero-order valence-corrected chi connectivity index (χ0v) is 47.6. The van der Waals surface area contributed by atoms with Crippen LogP contribution in [0.15, 0.2) is 146 Å². The smallest absolute Gasteiger partial charge is 0.267 e. The maximum Gasteiger partial charge on any atom is 0.267 e. The molecule has 374 valence electrons. The summed E-state index contributed by atoms with van der Waals surface area (Å²) in [6.45, 7) is 36.4. The Morgan fingerprint density at radius 1 is 0.472 bits per heavy atom. The van der Waals surface area contributed by atoms with Crippen molar-refractivity contribution in [3.8, 4) is 28.7 Å². The Labute approximate surface area is 444 Å². The molecule has 9 rings (SSSR count). The largest absolute Gasteiger partial charge is 0.510 e. The van der Waals surface area contributed by atoms with Gasteiger partial charge in [-0.1, -0.05) is 195 Å². The zero-order chi connectivity index (χ0) is 51.1. The summed E-state index contributed by atoms with van der Waals surface area (Å²) < 4.78 is 13.7. The molecular weight excluding hydrogens is 1060 g/mol. The van der Waals surface area contributed by atoms with Gasteiger partial charge in [0.1, 0.15) is 5.82 Å². The van der Waals surface area contributed by atoms with Crippen molar-refractivity contribution >= 4 is 21.8 Å². The number of rotatable bonds is 9. The van der Waals surface area contributed by atoms with Crippen molar-refractivity contribution in [2.45, 2.75) is 143 Å². The van der Waals surface area contributed by atoms with Crippen LogP contribution >= 0.6 is 0 Å². The summed E-state index contributed by atoms with van der Waals surface area (Å²) in [5.74, 6) is 2.03. The first-order valence-electron chi connectivity index (χ1n) is 25.3. The summed E-state index contributed by atoms with van der Waals surface area (Å²) in [4.78, 5) is 5.01. The third kappa shape index (κ3) is 10.2. The molecule has 0 N–H and O–H groups in total. The van der Waals surface area contributed by atoms with Gasteiger partial charge in [-0.25, -0.2) is 4.98 Å². The molecule has 3 heterocycles. The Morgan fingerprint density at radius 2 is 1.06 bits per heavy atom. The monoisotopic (exact) mass is 1130 g/mol. The minimum absolute atomic E-state index is 0. The van der Waals surface area contributed by atoms with Crippen molar-refractivity contribution in [2.75, 3.05) is 0 Å². The topological polar surface area (TPSA) is 35.9 Å². The molecule has 0 aliphatic heterocycles. The van der Waals surface area contributed by atoms with Gasteiger partial charge in [0.25, 0.3) is 6.33 Å². The zero-order valence-electron chi connectivity index (χ0n) is 45.4. The van der Waals surface area contributed by atoms with Crippen LogP contribution in [0.25, 0.3) is 39.0 Å². The van der Waals surface area contributed by atoms with Crippen LogP contribution in [0, 0.1) is 18.5 Å². The maximum atomic E-state index is 7.07. The van der Waals surface area contributed by atoms with Crippen molar-refractivity contribution < 1.29 is 30.4 Å². The van der Waals surface area contributed by atoms with E-state index < -0.39 is 0 Å². The molecule has 6 aromatic carbocycles. The summed E-state index contributed by atoms with van der Waals surface area (Å²) in [5, 5.41) is 2.22. The molecule has 0 spiro atoms. The molecule has 0 saturated heterocycles. The molecule has 9 aromatic rings. The average molecular weight is 1130 g/mol. The van der Waals surface area contributed by atoms with Gasteiger partial charge < -0.3 is 13.9 Å². The SMILES string of the molecule is CC(C)(C)c1cc(-[n+]2[c-]n(-c3[c-]c(Oc4[c-]c5c(cc4)c4cc(C(C)(C)c6ccccc6)ccc4n5-c4cc(C(C)(C)C)ccn4)cc(C(C)(C)c4ccccc4)c3)c(C(C)(C)C)c2)cc(C(C)(C)C)c1.[Pt].